The SMILES string of the molecule is Cc1nc(CC(C)C)c(C(=O)NCCC2CCNC2)s1.Cl.Cl. The van der Waals surface area contributed by atoms with Crippen molar-refractivity contribution in [1.82, 2.24) is 15.6 Å². The highest BCUT2D eigenvalue weighted by Crippen LogP contribution is 2.21. The van der Waals surface area contributed by atoms with Gasteiger partial charge in [-0.3, -0.25) is 4.79 Å². The molecule has 0 aliphatic carbocycles. The first-order chi connectivity index (χ1) is 9.56. The molecule has 2 N–H and O–H groups in total. The Kier molecular flexibility index (Phi) is 10.3. The standard InChI is InChI=1S/C15H25N3OS.2ClH/c1-10(2)8-13-14(20-11(3)18-13)15(19)17-7-5-12-4-6-16-9-12;;/h10,12,16H,4-9H2,1-3H3,(H,17,19);2*1H. The van der Waals surface area contributed by atoms with E-state index in [2.05, 4.69) is 29.5 Å². The van der Waals surface area contributed by atoms with Gasteiger partial charge < -0.3 is 10.6 Å². The lowest BCUT2D eigenvalue weighted by Crippen LogP contribution is -2.26. The molecular formula is C15H27Cl2N3OS. The predicted octanol–water partition coefficient (Wildman–Crippen LogP) is 3.22. The van der Waals surface area contributed by atoms with Gasteiger partial charge in [0.1, 0.15) is 4.88 Å². The molecule has 0 aromatic carbocycles. The summed E-state index contributed by atoms with van der Waals surface area (Å²) >= 11 is 1.51. The zero-order valence-electron chi connectivity index (χ0n) is 13.5. The molecule has 128 valence electrons. The van der Waals surface area contributed by atoms with E-state index in [1.54, 1.807) is 0 Å². The monoisotopic (exact) mass is 367 g/mol. The van der Waals surface area contributed by atoms with Crippen LogP contribution in [0.15, 0.2) is 0 Å². The molecule has 1 aromatic rings. The van der Waals surface area contributed by atoms with Gasteiger partial charge in [0.25, 0.3) is 5.91 Å². The van der Waals surface area contributed by atoms with Crippen LogP contribution in [0.1, 0.15) is 47.1 Å². The highest BCUT2D eigenvalue weighted by molar-refractivity contribution is 7.13. The second kappa shape index (κ2) is 10.4. The van der Waals surface area contributed by atoms with Gasteiger partial charge in [-0.25, -0.2) is 4.98 Å². The van der Waals surface area contributed by atoms with Crippen molar-refractivity contribution in [2.75, 3.05) is 19.6 Å². The number of aryl methyl sites for hydroxylation is 1. The lowest BCUT2D eigenvalue weighted by Gasteiger charge is -2.09. The molecule has 1 fully saturated rings. The van der Waals surface area contributed by atoms with E-state index in [4.69, 9.17) is 0 Å². The van der Waals surface area contributed by atoms with Crippen LogP contribution in [-0.4, -0.2) is 30.5 Å². The van der Waals surface area contributed by atoms with E-state index < -0.39 is 0 Å². The van der Waals surface area contributed by atoms with Crippen molar-refractivity contribution in [3.63, 3.8) is 0 Å². The Morgan fingerprint density at radius 1 is 1.45 bits per heavy atom. The first-order valence-electron chi connectivity index (χ1n) is 7.51. The molecule has 0 saturated carbocycles. The minimum Gasteiger partial charge on any atom is -0.351 e. The molecule has 1 aliphatic heterocycles. The summed E-state index contributed by atoms with van der Waals surface area (Å²) in [6.07, 6.45) is 3.17. The van der Waals surface area contributed by atoms with Crippen LogP contribution in [0.5, 0.6) is 0 Å². The van der Waals surface area contributed by atoms with Crippen molar-refractivity contribution in [2.45, 2.75) is 40.0 Å². The van der Waals surface area contributed by atoms with E-state index in [0.29, 0.717) is 11.8 Å². The van der Waals surface area contributed by atoms with Crippen molar-refractivity contribution in [3.8, 4) is 0 Å². The van der Waals surface area contributed by atoms with Crippen LogP contribution in [0.2, 0.25) is 0 Å². The zero-order valence-corrected chi connectivity index (χ0v) is 15.9. The second-order valence-electron chi connectivity index (χ2n) is 6.01. The fourth-order valence-corrected chi connectivity index (χ4v) is 3.47. The van der Waals surface area contributed by atoms with Crippen LogP contribution in [0.3, 0.4) is 0 Å². The number of nitrogens with zero attached hydrogens (tertiary/aromatic N) is 1. The summed E-state index contributed by atoms with van der Waals surface area (Å²) < 4.78 is 0. The Bertz CT molecular complexity index is 460. The van der Waals surface area contributed by atoms with Crippen LogP contribution >= 0.6 is 36.2 Å². The van der Waals surface area contributed by atoms with E-state index in [1.807, 2.05) is 6.92 Å². The fraction of sp³-hybridized carbons (Fsp3) is 0.733. The molecule has 22 heavy (non-hydrogen) atoms. The average molecular weight is 368 g/mol. The molecule has 1 saturated heterocycles. The van der Waals surface area contributed by atoms with Crippen molar-refractivity contribution >= 4 is 42.1 Å². The molecule has 2 heterocycles. The molecule has 1 amide bonds. The minimum absolute atomic E-state index is 0. The second-order valence-corrected chi connectivity index (χ2v) is 7.21. The quantitative estimate of drug-likeness (QED) is 0.811. The van der Waals surface area contributed by atoms with E-state index in [1.165, 1.54) is 17.8 Å². The summed E-state index contributed by atoms with van der Waals surface area (Å²) in [5.74, 6) is 1.29. The third kappa shape index (κ3) is 6.41. The fourth-order valence-electron chi connectivity index (χ4n) is 2.60. The van der Waals surface area contributed by atoms with Gasteiger partial charge >= 0.3 is 0 Å². The number of halogens is 2. The van der Waals surface area contributed by atoms with E-state index >= 15 is 0 Å². The summed E-state index contributed by atoms with van der Waals surface area (Å²) in [7, 11) is 0. The number of aromatic nitrogens is 1. The number of rotatable bonds is 6. The highest BCUT2D eigenvalue weighted by Gasteiger charge is 2.18. The molecule has 2 rings (SSSR count). The van der Waals surface area contributed by atoms with Gasteiger partial charge in [0.05, 0.1) is 10.7 Å². The van der Waals surface area contributed by atoms with Crippen molar-refractivity contribution in [1.29, 1.82) is 0 Å². The Balaban J connectivity index is 0.00000220. The molecule has 1 atom stereocenters. The average Bonchev–Trinajstić information content (AvgIpc) is 2.98. The predicted molar refractivity (Wildman–Crippen MR) is 97.8 cm³/mol. The number of amides is 1. The van der Waals surface area contributed by atoms with Crippen LogP contribution in [0.25, 0.3) is 0 Å². The number of hydrogen-bond acceptors (Lipinski definition) is 4. The van der Waals surface area contributed by atoms with Gasteiger partial charge in [0.2, 0.25) is 0 Å². The largest absolute Gasteiger partial charge is 0.351 e. The number of thiazole rings is 1. The summed E-state index contributed by atoms with van der Waals surface area (Å²) in [5, 5.41) is 7.39. The Labute approximate surface area is 149 Å². The first kappa shape index (κ1) is 21.6. The van der Waals surface area contributed by atoms with E-state index in [0.717, 1.165) is 48.1 Å². The van der Waals surface area contributed by atoms with Crippen LogP contribution < -0.4 is 10.6 Å². The van der Waals surface area contributed by atoms with E-state index in [9.17, 15) is 4.79 Å². The van der Waals surface area contributed by atoms with Crippen LogP contribution in [0, 0.1) is 18.8 Å². The van der Waals surface area contributed by atoms with E-state index in [-0.39, 0.29) is 30.7 Å². The lowest BCUT2D eigenvalue weighted by molar-refractivity contribution is 0.0954. The zero-order chi connectivity index (χ0) is 14.5. The molecule has 1 unspecified atom stereocenters. The van der Waals surface area contributed by atoms with Gasteiger partial charge in [-0.05, 0) is 51.1 Å². The smallest absolute Gasteiger partial charge is 0.263 e. The third-order valence-electron chi connectivity index (χ3n) is 3.61. The maximum absolute atomic E-state index is 12.3. The maximum Gasteiger partial charge on any atom is 0.263 e. The van der Waals surface area contributed by atoms with Crippen molar-refractivity contribution in [2.24, 2.45) is 11.8 Å². The Morgan fingerprint density at radius 3 is 2.77 bits per heavy atom. The van der Waals surface area contributed by atoms with Gasteiger partial charge in [-0.2, -0.15) is 0 Å². The molecule has 0 bridgehead atoms. The van der Waals surface area contributed by atoms with Gasteiger partial charge in [-0.15, -0.1) is 36.2 Å². The van der Waals surface area contributed by atoms with Crippen molar-refractivity contribution < 1.29 is 4.79 Å². The summed E-state index contributed by atoms with van der Waals surface area (Å²) in [5.41, 5.74) is 0.961. The topological polar surface area (TPSA) is 54.0 Å². The van der Waals surface area contributed by atoms with Crippen LogP contribution in [0.4, 0.5) is 0 Å². The number of nitrogens with one attached hydrogen (secondary N) is 2. The molecule has 1 aliphatic rings. The van der Waals surface area contributed by atoms with Crippen LogP contribution in [-0.2, 0) is 6.42 Å². The van der Waals surface area contributed by atoms with Crippen molar-refractivity contribution in [3.05, 3.63) is 15.6 Å². The number of carbonyl (C=O) groups excluding carboxylic acids is 1. The van der Waals surface area contributed by atoms with Gasteiger partial charge in [0.15, 0.2) is 0 Å². The Hall–Kier alpha value is -0.360. The normalized spacial score (nSPS) is 17.0. The molecule has 0 radical (unpaired) electrons. The third-order valence-corrected chi connectivity index (χ3v) is 4.62. The van der Waals surface area contributed by atoms with Gasteiger partial charge in [-0.1, -0.05) is 13.8 Å². The highest BCUT2D eigenvalue weighted by atomic mass is 35.5. The van der Waals surface area contributed by atoms with Gasteiger partial charge in [0, 0.05) is 6.54 Å². The molecule has 7 heteroatoms. The molecular weight excluding hydrogens is 341 g/mol. The lowest BCUT2D eigenvalue weighted by atomic mass is 10.1. The summed E-state index contributed by atoms with van der Waals surface area (Å²) in [6.45, 7) is 9.25. The number of hydrogen-bond donors (Lipinski definition) is 2. The molecule has 1 aromatic heterocycles. The summed E-state index contributed by atoms with van der Waals surface area (Å²) in [4.78, 5) is 17.6. The molecule has 4 nitrogen and oxygen atoms in total. The number of carbonyl (C=O) groups is 1. The first-order valence-corrected chi connectivity index (χ1v) is 8.33. The maximum atomic E-state index is 12.3. The Morgan fingerprint density at radius 2 is 2.18 bits per heavy atom. The minimum atomic E-state index is 0. The molecule has 0 spiro atoms. The summed E-state index contributed by atoms with van der Waals surface area (Å²) in [6, 6.07) is 0.